The van der Waals surface area contributed by atoms with Gasteiger partial charge in [0.2, 0.25) is 11.9 Å². The van der Waals surface area contributed by atoms with E-state index in [0.29, 0.717) is 29.4 Å². The van der Waals surface area contributed by atoms with Gasteiger partial charge in [-0.05, 0) is 61.1 Å². The van der Waals surface area contributed by atoms with Crippen molar-refractivity contribution < 1.29 is 14.6 Å². The second-order valence-corrected chi connectivity index (χ2v) is 10.2. The maximum absolute atomic E-state index is 12.1. The summed E-state index contributed by atoms with van der Waals surface area (Å²) in [4.78, 5) is 21.1. The molecule has 36 heavy (non-hydrogen) atoms. The molecular formula is C26H33ClN6O3. The number of hydrogen-bond acceptors (Lipinski definition) is 8. The van der Waals surface area contributed by atoms with Crippen molar-refractivity contribution in [3.05, 3.63) is 46.6 Å². The van der Waals surface area contributed by atoms with Gasteiger partial charge in [-0.3, -0.25) is 4.79 Å². The van der Waals surface area contributed by atoms with E-state index in [1.165, 1.54) is 11.1 Å². The number of rotatable bonds is 9. The predicted molar refractivity (Wildman–Crippen MR) is 140 cm³/mol. The molecule has 1 heterocycles. The lowest BCUT2D eigenvalue weighted by atomic mass is 9.88. The maximum atomic E-state index is 12.1. The molecule has 9 nitrogen and oxygen atoms in total. The Bertz CT molecular complexity index is 1160. The van der Waals surface area contributed by atoms with Crippen LogP contribution in [0.3, 0.4) is 0 Å². The molecule has 0 saturated heterocycles. The number of anilines is 3. The lowest BCUT2D eigenvalue weighted by Crippen LogP contribution is -2.41. The molecule has 3 aliphatic carbocycles. The van der Waals surface area contributed by atoms with Crippen LogP contribution in [-0.2, 0) is 17.6 Å². The van der Waals surface area contributed by atoms with Gasteiger partial charge < -0.3 is 31.5 Å². The van der Waals surface area contributed by atoms with Gasteiger partial charge in [0.1, 0.15) is 10.8 Å². The van der Waals surface area contributed by atoms with Crippen LogP contribution in [0.2, 0.25) is 5.02 Å². The van der Waals surface area contributed by atoms with Gasteiger partial charge in [-0.2, -0.15) is 4.98 Å². The number of aliphatic hydroxyl groups excluding tert-OH is 1. The number of methoxy groups -OCH3 is 1. The average Bonchev–Trinajstić information content (AvgIpc) is 3.41. The molecule has 1 fully saturated rings. The first-order valence-electron chi connectivity index (χ1n) is 12.5. The van der Waals surface area contributed by atoms with Crippen molar-refractivity contribution in [3.63, 3.8) is 0 Å². The highest BCUT2D eigenvalue weighted by molar-refractivity contribution is 6.32. The molecule has 192 valence electrons. The average molecular weight is 513 g/mol. The number of fused-ring (bicyclic) bond motifs is 3. The molecule has 2 aromatic rings. The van der Waals surface area contributed by atoms with Gasteiger partial charge in [-0.15, -0.1) is 0 Å². The first-order valence-corrected chi connectivity index (χ1v) is 12.9. The van der Waals surface area contributed by atoms with Gasteiger partial charge in [-0.1, -0.05) is 29.8 Å². The van der Waals surface area contributed by atoms with Crippen molar-refractivity contribution in [2.75, 3.05) is 30.9 Å². The fraction of sp³-hybridized carbons (Fsp3) is 0.500. The number of nitrogens with one attached hydrogen (secondary N) is 3. The van der Waals surface area contributed by atoms with Gasteiger partial charge in [0.15, 0.2) is 5.82 Å². The standard InChI is InChI=1S/C26H33ClN6O3/c1-36-23-18-8-7-17(29-10-11-34)6-4-14(18)5-9-20(23)31-26-30-13-19(27)25(33-26)32-22-16-3-2-15(12-16)21(22)24(28)35/h2-3,5,9,13,15-17,21-22,29,34H,4,6-8,10-12H2,1H3,(H2,28,35)(H2,30,31,32,33)/t15-,16+,17?,21+,22-/m1/s1. The minimum atomic E-state index is -0.309. The zero-order valence-corrected chi connectivity index (χ0v) is 21.1. The van der Waals surface area contributed by atoms with E-state index in [2.05, 4.69) is 44.1 Å². The van der Waals surface area contributed by atoms with Gasteiger partial charge >= 0.3 is 0 Å². The summed E-state index contributed by atoms with van der Waals surface area (Å²) in [6.45, 7) is 0.745. The second kappa shape index (κ2) is 10.6. The second-order valence-electron chi connectivity index (χ2n) is 9.80. The van der Waals surface area contributed by atoms with Crippen molar-refractivity contribution >= 4 is 35.0 Å². The Balaban J connectivity index is 1.35. The number of aryl methyl sites for hydroxylation is 1. The van der Waals surface area contributed by atoms with Gasteiger partial charge in [0, 0.05) is 18.6 Å². The summed E-state index contributed by atoms with van der Waals surface area (Å²) < 4.78 is 5.84. The number of amides is 1. The largest absolute Gasteiger partial charge is 0.494 e. The predicted octanol–water partition coefficient (Wildman–Crippen LogP) is 2.80. The fourth-order valence-electron chi connectivity index (χ4n) is 5.99. The molecule has 3 aliphatic rings. The van der Waals surface area contributed by atoms with Gasteiger partial charge in [0.05, 0.1) is 31.5 Å². The number of nitrogens with zero attached hydrogens (tertiary/aromatic N) is 2. The van der Waals surface area contributed by atoms with Crippen LogP contribution in [0.4, 0.5) is 17.5 Å². The number of aliphatic hydroxyl groups is 1. The van der Waals surface area contributed by atoms with E-state index in [1.807, 2.05) is 6.07 Å². The summed E-state index contributed by atoms with van der Waals surface area (Å²) in [6.07, 6.45) is 10.5. The fourth-order valence-corrected chi connectivity index (χ4v) is 6.13. The Kier molecular flexibility index (Phi) is 7.32. The topological polar surface area (TPSA) is 134 Å². The molecule has 2 bridgehead atoms. The smallest absolute Gasteiger partial charge is 0.229 e. The van der Waals surface area contributed by atoms with Crippen LogP contribution in [-0.4, -0.2) is 53.3 Å². The number of primary amides is 1. The number of carbonyl (C=O) groups is 1. The van der Waals surface area contributed by atoms with Crippen LogP contribution in [0.25, 0.3) is 0 Å². The molecule has 0 spiro atoms. The van der Waals surface area contributed by atoms with Crippen LogP contribution in [0.1, 0.15) is 30.4 Å². The summed E-state index contributed by atoms with van der Waals surface area (Å²) in [5.41, 5.74) is 8.94. The van der Waals surface area contributed by atoms with E-state index in [1.54, 1.807) is 13.3 Å². The van der Waals surface area contributed by atoms with Crippen LogP contribution in [0, 0.1) is 17.8 Å². The molecule has 1 aromatic heterocycles. The molecule has 5 rings (SSSR count). The van der Waals surface area contributed by atoms with Gasteiger partial charge in [-0.25, -0.2) is 4.98 Å². The van der Waals surface area contributed by atoms with Crippen molar-refractivity contribution in [3.8, 4) is 5.75 Å². The zero-order valence-electron chi connectivity index (χ0n) is 20.3. The molecule has 0 aliphatic heterocycles. The first kappa shape index (κ1) is 24.8. The molecular weight excluding hydrogens is 480 g/mol. The normalized spacial score (nSPS) is 26.4. The Morgan fingerprint density at radius 2 is 2.06 bits per heavy atom. The minimum Gasteiger partial charge on any atom is -0.494 e. The minimum absolute atomic E-state index is 0.140. The first-order chi connectivity index (χ1) is 17.5. The molecule has 1 unspecified atom stereocenters. The molecule has 1 amide bonds. The summed E-state index contributed by atoms with van der Waals surface area (Å²) in [7, 11) is 1.68. The number of carbonyl (C=O) groups excluding carboxylic acids is 1. The monoisotopic (exact) mass is 512 g/mol. The van der Waals surface area contributed by atoms with Crippen molar-refractivity contribution in [1.82, 2.24) is 15.3 Å². The number of benzene rings is 1. The summed E-state index contributed by atoms with van der Waals surface area (Å²) >= 11 is 6.43. The number of nitrogens with two attached hydrogens (primary N) is 1. The van der Waals surface area contributed by atoms with Crippen LogP contribution in [0.5, 0.6) is 5.75 Å². The van der Waals surface area contributed by atoms with Crippen molar-refractivity contribution in [2.24, 2.45) is 23.5 Å². The highest BCUT2D eigenvalue weighted by atomic mass is 35.5. The van der Waals surface area contributed by atoms with Gasteiger partial charge in [0.25, 0.3) is 0 Å². The maximum Gasteiger partial charge on any atom is 0.229 e. The Labute approximate surface area is 215 Å². The zero-order chi connectivity index (χ0) is 25.2. The number of hydrogen-bond donors (Lipinski definition) is 5. The number of halogens is 1. The number of aromatic nitrogens is 2. The summed E-state index contributed by atoms with van der Waals surface area (Å²) in [6, 6.07) is 4.34. The van der Waals surface area contributed by atoms with E-state index in [0.717, 1.165) is 43.5 Å². The van der Waals surface area contributed by atoms with E-state index in [-0.39, 0.29) is 36.3 Å². The van der Waals surface area contributed by atoms with E-state index in [9.17, 15) is 4.79 Å². The molecule has 1 aromatic carbocycles. The SMILES string of the molecule is COc1c(Nc2ncc(Cl)c(N[C@H]3[C@@H](C(N)=O)[C@@H]4C=C[C@H]3C4)n2)ccc2c1CCC(NCCO)CC2. The third-order valence-electron chi connectivity index (χ3n) is 7.69. The Morgan fingerprint density at radius 3 is 2.83 bits per heavy atom. The Hall–Kier alpha value is -2.88. The van der Waals surface area contributed by atoms with Crippen LogP contribution in [0.15, 0.2) is 30.5 Å². The molecule has 5 atom stereocenters. The van der Waals surface area contributed by atoms with E-state index in [4.69, 9.17) is 27.2 Å². The Morgan fingerprint density at radius 1 is 1.25 bits per heavy atom. The van der Waals surface area contributed by atoms with Crippen molar-refractivity contribution in [2.45, 2.75) is 44.2 Å². The summed E-state index contributed by atoms with van der Waals surface area (Å²) in [5.74, 6) is 1.42. The summed E-state index contributed by atoms with van der Waals surface area (Å²) in [5, 5.41) is 19.6. The quantitative estimate of drug-likeness (QED) is 0.256. The number of allylic oxidation sites excluding steroid dienone is 1. The number of ether oxygens (including phenoxy) is 1. The lowest BCUT2D eigenvalue weighted by molar-refractivity contribution is -0.122. The highest BCUT2D eigenvalue weighted by Gasteiger charge is 2.47. The molecule has 0 radical (unpaired) electrons. The third kappa shape index (κ3) is 4.87. The highest BCUT2D eigenvalue weighted by Crippen LogP contribution is 2.45. The molecule has 1 saturated carbocycles. The molecule has 10 heteroatoms. The van der Waals surface area contributed by atoms with Crippen molar-refractivity contribution in [1.29, 1.82) is 0 Å². The van der Waals surface area contributed by atoms with Crippen LogP contribution < -0.4 is 26.4 Å². The van der Waals surface area contributed by atoms with Crippen LogP contribution >= 0.6 is 11.6 Å². The molecule has 6 N–H and O–H groups in total. The van der Waals surface area contributed by atoms with E-state index < -0.39 is 0 Å². The third-order valence-corrected chi connectivity index (χ3v) is 7.97. The lowest BCUT2D eigenvalue weighted by Gasteiger charge is -2.27. The van der Waals surface area contributed by atoms with E-state index >= 15 is 0 Å².